The standard InChI is InChI=1S/C34H36N4O6S/c1-19-14-21(18-35)15-20(2)29(19)38-32(40)25-16-26-28(44-12-8-22-9-13-45-31(22)26)17-24(25)23-6-7-27(37-30(23)34(42)43-3)33(41)36-10-4-5-11-39/h6-7,9,13-17,39H,4-5,8,10-12,18,35H2,1-3H3,(H,36,41)(H,38,40). The van der Waals surface area contributed by atoms with Gasteiger partial charge < -0.3 is 30.9 Å². The molecular weight excluding hydrogens is 592 g/mol. The molecule has 4 aromatic rings. The summed E-state index contributed by atoms with van der Waals surface area (Å²) in [6, 6.07) is 12.6. The van der Waals surface area contributed by atoms with Gasteiger partial charge in [-0.1, -0.05) is 12.1 Å². The first-order valence-electron chi connectivity index (χ1n) is 14.7. The molecule has 5 rings (SSSR count). The fourth-order valence-electron chi connectivity index (χ4n) is 5.46. The summed E-state index contributed by atoms with van der Waals surface area (Å²) in [6.07, 6.45) is 1.86. The molecule has 1 aliphatic rings. The van der Waals surface area contributed by atoms with E-state index in [2.05, 4.69) is 21.7 Å². The van der Waals surface area contributed by atoms with E-state index >= 15 is 0 Å². The van der Waals surface area contributed by atoms with Crippen LogP contribution in [0.2, 0.25) is 0 Å². The van der Waals surface area contributed by atoms with E-state index in [1.807, 2.05) is 31.4 Å². The zero-order valence-electron chi connectivity index (χ0n) is 25.5. The summed E-state index contributed by atoms with van der Waals surface area (Å²) < 4.78 is 11.2. The molecular formula is C34H36N4O6S. The Morgan fingerprint density at radius 3 is 2.51 bits per heavy atom. The molecule has 0 atom stereocenters. The highest BCUT2D eigenvalue weighted by atomic mass is 32.1. The normalized spacial score (nSPS) is 11.9. The van der Waals surface area contributed by atoms with E-state index in [9.17, 15) is 14.4 Å². The van der Waals surface area contributed by atoms with Gasteiger partial charge in [0.05, 0.1) is 13.7 Å². The third-order valence-corrected chi connectivity index (χ3v) is 8.71. The molecule has 0 fully saturated rings. The van der Waals surface area contributed by atoms with Crippen LogP contribution in [0.3, 0.4) is 0 Å². The first-order chi connectivity index (χ1) is 21.7. The van der Waals surface area contributed by atoms with Gasteiger partial charge in [0.2, 0.25) is 0 Å². The number of aliphatic hydroxyl groups excluding tert-OH is 1. The van der Waals surface area contributed by atoms with Gasteiger partial charge in [0.1, 0.15) is 11.4 Å². The van der Waals surface area contributed by atoms with Gasteiger partial charge in [-0.3, -0.25) is 9.59 Å². The minimum absolute atomic E-state index is 0.0228. The number of thiophene rings is 1. The third-order valence-electron chi connectivity index (χ3n) is 7.72. The average Bonchev–Trinajstić information content (AvgIpc) is 3.44. The van der Waals surface area contributed by atoms with Crippen molar-refractivity contribution in [1.29, 1.82) is 0 Å². The van der Waals surface area contributed by atoms with Gasteiger partial charge >= 0.3 is 5.97 Å². The van der Waals surface area contributed by atoms with E-state index in [1.165, 1.54) is 13.2 Å². The largest absolute Gasteiger partial charge is 0.493 e. The van der Waals surface area contributed by atoms with Crippen molar-refractivity contribution in [2.24, 2.45) is 5.73 Å². The number of nitrogens with one attached hydrogen (secondary N) is 2. The number of methoxy groups -OCH3 is 1. The summed E-state index contributed by atoms with van der Waals surface area (Å²) in [5.74, 6) is -1.04. The molecule has 0 saturated heterocycles. The van der Waals surface area contributed by atoms with E-state index in [-0.39, 0.29) is 23.9 Å². The third kappa shape index (κ3) is 6.75. The lowest BCUT2D eigenvalue weighted by Crippen LogP contribution is -2.26. The van der Waals surface area contributed by atoms with Crippen molar-refractivity contribution in [2.75, 3.05) is 32.2 Å². The van der Waals surface area contributed by atoms with Gasteiger partial charge in [-0.15, -0.1) is 11.3 Å². The van der Waals surface area contributed by atoms with Crippen LogP contribution >= 0.6 is 11.3 Å². The van der Waals surface area contributed by atoms with Gasteiger partial charge in [0.25, 0.3) is 11.8 Å². The van der Waals surface area contributed by atoms with E-state index in [0.29, 0.717) is 67.1 Å². The number of aryl methyl sites for hydroxylation is 2. The highest BCUT2D eigenvalue weighted by Crippen LogP contribution is 2.43. The first kappa shape index (κ1) is 31.8. The molecule has 0 radical (unpaired) electrons. The fraction of sp³-hybridized carbons (Fsp3) is 0.294. The summed E-state index contributed by atoms with van der Waals surface area (Å²) >= 11 is 1.57. The number of rotatable bonds is 10. The van der Waals surface area contributed by atoms with Gasteiger partial charge in [0, 0.05) is 58.9 Å². The minimum Gasteiger partial charge on any atom is -0.493 e. The molecule has 11 heteroatoms. The Morgan fingerprint density at radius 1 is 1.02 bits per heavy atom. The van der Waals surface area contributed by atoms with Crippen LogP contribution in [0.1, 0.15) is 66.4 Å². The number of aliphatic hydroxyl groups is 1. The molecule has 45 heavy (non-hydrogen) atoms. The molecule has 10 nitrogen and oxygen atoms in total. The van der Waals surface area contributed by atoms with Crippen LogP contribution in [0.4, 0.5) is 5.69 Å². The van der Waals surface area contributed by atoms with Gasteiger partial charge in [0.15, 0.2) is 5.69 Å². The van der Waals surface area contributed by atoms with Crippen molar-refractivity contribution < 1.29 is 29.0 Å². The number of unbranched alkanes of at least 4 members (excludes halogenated alkanes) is 1. The Balaban J connectivity index is 1.64. The zero-order valence-corrected chi connectivity index (χ0v) is 26.3. The summed E-state index contributed by atoms with van der Waals surface area (Å²) in [6.45, 7) is 5.04. The number of hydrogen-bond acceptors (Lipinski definition) is 9. The maximum Gasteiger partial charge on any atom is 0.357 e. The number of amides is 2. The van der Waals surface area contributed by atoms with Crippen molar-refractivity contribution in [3.8, 4) is 27.3 Å². The Kier molecular flexibility index (Phi) is 9.92. The number of nitrogens with two attached hydrogens (primary N) is 1. The number of carbonyl (C=O) groups is 3. The number of ether oxygens (including phenoxy) is 2. The second-order valence-electron chi connectivity index (χ2n) is 10.8. The lowest BCUT2D eigenvalue weighted by molar-refractivity contribution is 0.0594. The van der Waals surface area contributed by atoms with Crippen LogP contribution in [0.15, 0.2) is 47.8 Å². The Bertz CT molecular complexity index is 1740. The van der Waals surface area contributed by atoms with Gasteiger partial charge in [-0.2, -0.15) is 0 Å². The Morgan fingerprint density at radius 2 is 1.80 bits per heavy atom. The number of fused-ring (bicyclic) bond motifs is 3. The van der Waals surface area contributed by atoms with E-state index in [0.717, 1.165) is 32.7 Å². The van der Waals surface area contributed by atoms with Crippen LogP contribution in [0.5, 0.6) is 5.75 Å². The molecule has 5 N–H and O–H groups in total. The number of benzene rings is 2. The number of pyridine rings is 1. The topological polar surface area (TPSA) is 153 Å². The van der Waals surface area contributed by atoms with Crippen LogP contribution in [0, 0.1) is 13.8 Å². The zero-order chi connectivity index (χ0) is 32.1. The Labute approximate surface area is 265 Å². The highest BCUT2D eigenvalue weighted by Gasteiger charge is 2.27. The summed E-state index contributed by atoms with van der Waals surface area (Å²) in [7, 11) is 1.23. The van der Waals surface area contributed by atoms with E-state index in [4.69, 9.17) is 20.3 Å². The molecule has 0 aliphatic carbocycles. The molecule has 2 aromatic carbocycles. The molecule has 0 saturated carbocycles. The molecule has 234 valence electrons. The smallest absolute Gasteiger partial charge is 0.357 e. The summed E-state index contributed by atoms with van der Waals surface area (Å²) in [5.41, 5.74) is 12.1. The van der Waals surface area contributed by atoms with Crippen LogP contribution in [-0.4, -0.2) is 54.7 Å². The monoisotopic (exact) mass is 628 g/mol. The van der Waals surface area contributed by atoms with Crippen molar-refractivity contribution in [2.45, 2.75) is 39.7 Å². The number of aromatic nitrogens is 1. The predicted octanol–water partition coefficient (Wildman–Crippen LogP) is 5.03. The maximum absolute atomic E-state index is 14.2. The highest BCUT2D eigenvalue weighted by molar-refractivity contribution is 7.13. The number of esters is 1. The fourth-order valence-corrected chi connectivity index (χ4v) is 6.44. The summed E-state index contributed by atoms with van der Waals surface area (Å²) in [4.78, 5) is 45.5. The molecule has 2 aromatic heterocycles. The first-order valence-corrected chi connectivity index (χ1v) is 15.6. The van der Waals surface area contributed by atoms with Crippen molar-refractivity contribution in [3.05, 3.63) is 87.0 Å². The quantitative estimate of drug-likeness (QED) is 0.141. The number of nitrogens with zero attached hydrogens (tertiary/aromatic N) is 1. The Hall–Kier alpha value is -4.58. The number of anilines is 1. The van der Waals surface area contributed by atoms with Crippen molar-refractivity contribution >= 4 is 34.8 Å². The lowest BCUT2D eigenvalue weighted by Gasteiger charge is -2.19. The lowest BCUT2D eigenvalue weighted by atomic mass is 9.93. The number of carbonyl (C=O) groups excluding carboxylic acids is 3. The average molecular weight is 629 g/mol. The molecule has 2 amide bonds. The van der Waals surface area contributed by atoms with Crippen LogP contribution in [0.25, 0.3) is 21.6 Å². The minimum atomic E-state index is -0.758. The maximum atomic E-state index is 14.2. The second kappa shape index (κ2) is 14.0. The van der Waals surface area contributed by atoms with Crippen molar-refractivity contribution in [3.63, 3.8) is 0 Å². The van der Waals surface area contributed by atoms with Crippen molar-refractivity contribution in [1.82, 2.24) is 10.3 Å². The van der Waals surface area contributed by atoms with E-state index < -0.39 is 11.9 Å². The predicted molar refractivity (Wildman–Crippen MR) is 174 cm³/mol. The van der Waals surface area contributed by atoms with E-state index in [1.54, 1.807) is 29.5 Å². The van der Waals surface area contributed by atoms with Crippen LogP contribution < -0.4 is 21.1 Å². The molecule has 3 heterocycles. The number of hydrogen-bond donors (Lipinski definition) is 4. The van der Waals surface area contributed by atoms with Crippen LogP contribution in [-0.2, 0) is 17.7 Å². The summed E-state index contributed by atoms with van der Waals surface area (Å²) in [5, 5.41) is 16.9. The molecule has 0 spiro atoms. The molecule has 0 unspecified atom stereocenters. The molecule has 0 bridgehead atoms. The SMILES string of the molecule is COC(=O)c1nc(C(=O)NCCCCO)ccc1-c1cc2c(cc1C(=O)Nc1c(C)cc(CN)cc1C)-c1sccc1CCO2. The molecule has 1 aliphatic heterocycles. The van der Waals surface area contributed by atoms with Gasteiger partial charge in [-0.05, 0) is 84.7 Å². The van der Waals surface area contributed by atoms with Gasteiger partial charge in [-0.25, -0.2) is 9.78 Å². The second-order valence-corrected chi connectivity index (χ2v) is 11.7.